The van der Waals surface area contributed by atoms with Crippen LogP contribution in [0.1, 0.15) is 35.2 Å². The van der Waals surface area contributed by atoms with E-state index < -0.39 is 9.84 Å². The first-order valence-corrected chi connectivity index (χ1v) is 13.0. The van der Waals surface area contributed by atoms with Crippen molar-refractivity contribution >= 4 is 32.9 Å². The van der Waals surface area contributed by atoms with Crippen molar-refractivity contribution in [2.75, 3.05) is 13.1 Å². The van der Waals surface area contributed by atoms with Gasteiger partial charge in [-0.2, -0.15) is 0 Å². The summed E-state index contributed by atoms with van der Waals surface area (Å²) in [6, 6.07) is 12.0. The third-order valence-corrected chi connectivity index (χ3v) is 8.27. The molecule has 0 spiro atoms. The first-order chi connectivity index (χ1) is 16.3. The number of pyridine rings is 2. The molecule has 0 aliphatic carbocycles. The molecule has 3 aromatic rings. The van der Waals surface area contributed by atoms with Crippen LogP contribution in [0.3, 0.4) is 0 Å². The first-order valence-electron chi connectivity index (χ1n) is 11.0. The Balaban J connectivity index is 1.49. The fraction of sp³-hybridized carbons (Fsp3) is 0.240. The number of piperidine rings is 1. The second kappa shape index (κ2) is 8.85. The van der Waals surface area contributed by atoms with Crippen molar-refractivity contribution in [3.63, 3.8) is 0 Å². The minimum absolute atomic E-state index is 0.0221. The number of fused-ring (bicyclic) bond motifs is 2. The Hall–Kier alpha value is -3.23. The van der Waals surface area contributed by atoms with Gasteiger partial charge < -0.3 is 4.90 Å². The molecule has 0 radical (unpaired) electrons. The van der Waals surface area contributed by atoms with Crippen molar-refractivity contribution in [3.8, 4) is 0 Å². The molecule has 0 unspecified atom stereocenters. The number of likely N-dealkylation sites (tertiary alicyclic amines) is 1. The zero-order valence-corrected chi connectivity index (χ0v) is 19.9. The van der Waals surface area contributed by atoms with E-state index in [0.29, 0.717) is 47.8 Å². The molecule has 34 heavy (non-hydrogen) atoms. The lowest BCUT2D eigenvalue weighted by Gasteiger charge is -2.30. The number of hydrogen-bond acceptors (Lipinski definition) is 5. The second-order valence-electron chi connectivity index (χ2n) is 8.53. The summed E-state index contributed by atoms with van der Waals surface area (Å²) in [6.07, 6.45) is 6.19. The van der Waals surface area contributed by atoms with Crippen LogP contribution in [0.15, 0.2) is 71.5 Å². The van der Waals surface area contributed by atoms with Gasteiger partial charge in [-0.25, -0.2) is 8.42 Å². The number of amides is 1. The number of sulfone groups is 1. The fourth-order valence-corrected chi connectivity index (χ4v) is 6.48. The fourth-order valence-electron chi connectivity index (χ4n) is 4.64. The summed E-state index contributed by atoms with van der Waals surface area (Å²) in [5, 5.41) is 9.74. The highest BCUT2D eigenvalue weighted by molar-refractivity contribution is 7.90. The standard InChI is InChI=1S/C25H23ClN3O4S/c26-20-3-4-21-22(15-20)34(32,33)16-19-2-1-9-27-25(19)24(21)18-7-10-28(11-8-18)23(30)14-17-5-12-29(31)13-6-17/h1-6,9,12-13,15,31H,7-8,10-11,14,16H2/q+1. The molecule has 1 saturated heterocycles. The molecule has 9 heteroatoms. The average molecular weight is 497 g/mol. The smallest absolute Gasteiger partial charge is 0.227 e. The van der Waals surface area contributed by atoms with Crippen LogP contribution >= 0.6 is 11.6 Å². The molecule has 1 aromatic carbocycles. The number of hydrogen-bond donors (Lipinski definition) is 1. The number of benzene rings is 1. The molecular formula is C25H23ClN3O4S+. The number of nitrogens with zero attached hydrogens (tertiary/aromatic N) is 3. The van der Waals surface area contributed by atoms with Gasteiger partial charge in [0.2, 0.25) is 18.3 Å². The molecule has 7 nitrogen and oxygen atoms in total. The molecule has 1 fully saturated rings. The molecule has 2 aliphatic heterocycles. The van der Waals surface area contributed by atoms with Crippen molar-refractivity contribution in [1.29, 1.82) is 0 Å². The Morgan fingerprint density at radius 2 is 1.85 bits per heavy atom. The van der Waals surface area contributed by atoms with Gasteiger partial charge in [0, 0.05) is 52.3 Å². The van der Waals surface area contributed by atoms with E-state index in [9.17, 15) is 18.4 Å². The van der Waals surface area contributed by atoms with Crippen LogP contribution in [0.25, 0.3) is 5.57 Å². The zero-order chi connectivity index (χ0) is 23.9. The predicted molar refractivity (Wildman–Crippen MR) is 126 cm³/mol. The summed E-state index contributed by atoms with van der Waals surface area (Å²) in [4.78, 5) is 19.5. The largest absolute Gasteiger partial charge is 0.342 e. The van der Waals surface area contributed by atoms with Crippen LogP contribution in [0.5, 0.6) is 0 Å². The summed E-state index contributed by atoms with van der Waals surface area (Å²) in [7, 11) is -3.59. The Morgan fingerprint density at radius 3 is 2.59 bits per heavy atom. The van der Waals surface area contributed by atoms with Crippen molar-refractivity contribution in [3.05, 3.63) is 94.0 Å². The molecule has 2 aromatic heterocycles. The number of halogens is 1. The minimum atomic E-state index is -3.59. The van der Waals surface area contributed by atoms with Crippen molar-refractivity contribution in [1.82, 2.24) is 9.88 Å². The van der Waals surface area contributed by atoms with E-state index in [0.717, 1.165) is 21.4 Å². The molecule has 0 atom stereocenters. The number of carbonyl (C=O) groups excluding carboxylic acids is 1. The van der Waals surface area contributed by atoms with E-state index in [-0.39, 0.29) is 23.0 Å². The van der Waals surface area contributed by atoms with Crippen LogP contribution in [0.2, 0.25) is 5.02 Å². The van der Waals surface area contributed by atoms with E-state index >= 15 is 0 Å². The average Bonchev–Trinajstić information content (AvgIpc) is 2.92. The van der Waals surface area contributed by atoms with Crippen LogP contribution in [0, 0.1) is 0 Å². The van der Waals surface area contributed by atoms with Crippen molar-refractivity contribution < 1.29 is 23.1 Å². The topological polar surface area (TPSA) is 91.5 Å². The molecule has 2 aliphatic rings. The van der Waals surface area contributed by atoms with Gasteiger partial charge in [0.25, 0.3) is 0 Å². The molecule has 1 N–H and O–H groups in total. The van der Waals surface area contributed by atoms with Gasteiger partial charge in [0.1, 0.15) is 0 Å². The lowest BCUT2D eigenvalue weighted by atomic mass is 9.89. The van der Waals surface area contributed by atoms with Crippen LogP contribution in [-0.2, 0) is 26.8 Å². The summed E-state index contributed by atoms with van der Waals surface area (Å²) in [5.41, 5.74) is 4.73. The van der Waals surface area contributed by atoms with E-state index in [2.05, 4.69) is 4.98 Å². The highest BCUT2D eigenvalue weighted by atomic mass is 35.5. The second-order valence-corrected chi connectivity index (χ2v) is 10.9. The number of aromatic nitrogens is 2. The maximum absolute atomic E-state index is 13.2. The van der Waals surface area contributed by atoms with Gasteiger partial charge in [0.05, 0.1) is 22.8 Å². The normalized spacial score (nSPS) is 17.0. The Bertz CT molecular complexity index is 1410. The van der Waals surface area contributed by atoms with Crippen LogP contribution < -0.4 is 4.73 Å². The van der Waals surface area contributed by atoms with Crippen LogP contribution in [-0.4, -0.2) is 42.5 Å². The minimum Gasteiger partial charge on any atom is -0.342 e. The van der Waals surface area contributed by atoms with Gasteiger partial charge in [-0.15, -0.1) is 0 Å². The zero-order valence-electron chi connectivity index (χ0n) is 18.3. The molecule has 0 saturated carbocycles. The van der Waals surface area contributed by atoms with Crippen molar-refractivity contribution in [2.24, 2.45) is 0 Å². The summed E-state index contributed by atoms with van der Waals surface area (Å²) in [5.74, 6) is -0.107. The Labute approximate surface area is 202 Å². The molecular weight excluding hydrogens is 474 g/mol. The van der Waals surface area contributed by atoms with E-state index in [4.69, 9.17) is 11.6 Å². The number of rotatable bonds is 2. The predicted octanol–water partition coefficient (Wildman–Crippen LogP) is 3.21. The number of carbonyl (C=O) groups is 1. The Kier molecular flexibility index (Phi) is 5.87. The lowest BCUT2D eigenvalue weighted by Crippen LogP contribution is -2.37. The molecule has 1 amide bonds. The van der Waals surface area contributed by atoms with Gasteiger partial charge in [-0.3, -0.25) is 15.0 Å². The van der Waals surface area contributed by atoms with Crippen LogP contribution in [0.4, 0.5) is 0 Å². The van der Waals surface area contributed by atoms with Gasteiger partial charge >= 0.3 is 0 Å². The molecule has 0 bridgehead atoms. The van der Waals surface area contributed by atoms with E-state index in [1.54, 1.807) is 36.5 Å². The summed E-state index contributed by atoms with van der Waals surface area (Å²) < 4.78 is 27.3. The summed E-state index contributed by atoms with van der Waals surface area (Å²) >= 11 is 6.18. The monoisotopic (exact) mass is 496 g/mol. The summed E-state index contributed by atoms with van der Waals surface area (Å²) in [6.45, 7) is 1.09. The third-order valence-electron chi connectivity index (χ3n) is 6.33. The molecule has 4 heterocycles. The van der Waals surface area contributed by atoms with Gasteiger partial charge in [-0.1, -0.05) is 29.3 Å². The van der Waals surface area contributed by atoms with Gasteiger partial charge in [0.15, 0.2) is 9.84 Å². The highest BCUT2D eigenvalue weighted by Crippen LogP contribution is 2.41. The van der Waals surface area contributed by atoms with E-state index in [1.165, 1.54) is 18.5 Å². The first kappa shape index (κ1) is 22.6. The molecule has 5 rings (SSSR count). The van der Waals surface area contributed by atoms with Crippen molar-refractivity contribution in [2.45, 2.75) is 29.9 Å². The highest BCUT2D eigenvalue weighted by Gasteiger charge is 2.32. The lowest BCUT2D eigenvalue weighted by molar-refractivity contribution is -0.904. The molecule has 174 valence electrons. The third kappa shape index (κ3) is 4.31. The SMILES string of the molecule is O=C(Cc1cc[n+](O)cc1)N1CCC(=C2c3ccc(Cl)cc3S(=O)(=O)Cc3cccnc32)CC1. The maximum atomic E-state index is 13.2. The Morgan fingerprint density at radius 1 is 1.12 bits per heavy atom. The quantitative estimate of drug-likeness (QED) is 0.434. The van der Waals surface area contributed by atoms with Gasteiger partial charge in [-0.05, 0) is 42.2 Å². The van der Waals surface area contributed by atoms with E-state index in [1.807, 2.05) is 11.0 Å². The maximum Gasteiger partial charge on any atom is 0.227 e.